The fourth-order valence-electron chi connectivity index (χ4n) is 4.16. The van der Waals surface area contributed by atoms with Gasteiger partial charge in [0.25, 0.3) is 0 Å². The number of hydrogen-bond donors (Lipinski definition) is 1. The lowest BCUT2D eigenvalue weighted by molar-refractivity contribution is -0.133. The lowest BCUT2D eigenvalue weighted by Gasteiger charge is -2.41. The van der Waals surface area contributed by atoms with Crippen LogP contribution in [0.1, 0.15) is 55.2 Å². The van der Waals surface area contributed by atoms with E-state index in [-0.39, 0.29) is 17.2 Å². The molecule has 0 atom stereocenters. The zero-order valence-corrected chi connectivity index (χ0v) is 15.6. The highest BCUT2D eigenvalue weighted by Crippen LogP contribution is 2.40. The van der Waals surface area contributed by atoms with E-state index < -0.39 is 0 Å². The van der Waals surface area contributed by atoms with Crippen LogP contribution in [-0.4, -0.2) is 36.3 Å². The molecule has 1 N–H and O–H groups in total. The molecule has 1 aromatic carbocycles. The number of nitrogens with one attached hydrogen (secondary N) is 1. The highest BCUT2D eigenvalue weighted by atomic mass is 16.2. The standard InChI is InChI=1S/C21H30N2O2/c1-16-3-4-18(15-17(16)2)5-6-20(25)23-13-10-21(11-14-23)8-7-19(24)22-12-9-21/h3-4,15H,5-14H2,1-2H3,(H,22,24). The Kier molecular flexibility index (Phi) is 5.45. The van der Waals surface area contributed by atoms with Crippen LogP contribution in [0.5, 0.6) is 0 Å². The molecule has 0 aromatic heterocycles. The summed E-state index contributed by atoms with van der Waals surface area (Å²) >= 11 is 0. The number of hydrogen-bond acceptors (Lipinski definition) is 2. The molecule has 2 heterocycles. The maximum atomic E-state index is 12.6. The van der Waals surface area contributed by atoms with Crippen LogP contribution >= 0.6 is 0 Å². The first kappa shape index (κ1) is 18.0. The zero-order valence-electron chi connectivity index (χ0n) is 15.6. The van der Waals surface area contributed by atoms with Gasteiger partial charge in [-0.15, -0.1) is 0 Å². The van der Waals surface area contributed by atoms with E-state index in [2.05, 4.69) is 37.4 Å². The summed E-state index contributed by atoms with van der Waals surface area (Å²) in [6, 6.07) is 6.47. The number of likely N-dealkylation sites (tertiary alicyclic amines) is 1. The van der Waals surface area contributed by atoms with E-state index in [4.69, 9.17) is 0 Å². The third-order valence-electron chi connectivity index (χ3n) is 6.24. The summed E-state index contributed by atoms with van der Waals surface area (Å²) in [4.78, 5) is 26.2. The molecule has 2 amide bonds. The van der Waals surface area contributed by atoms with Crippen molar-refractivity contribution in [3.05, 3.63) is 34.9 Å². The fourth-order valence-corrected chi connectivity index (χ4v) is 4.16. The summed E-state index contributed by atoms with van der Waals surface area (Å²) in [6.07, 6.45) is 6.16. The second kappa shape index (κ2) is 7.59. The van der Waals surface area contributed by atoms with E-state index in [0.29, 0.717) is 12.8 Å². The minimum absolute atomic E-state index is 0.184. The topological polar surface area (TPSA) is 49.4 Å². The van der Waals surface area contributed by atoms with Crippen molar-refractivity contribution in [3.63, 3.8) is 0 Å². The maximum Gasteiger partial charge on any atom is 0.222 e. The minimum atomic E-state index is 0.184. The largest absolute Gasteiger partial charge is 0.356 e. The third kappa shape index (κ3) is 4.42. The quantitative estimate of drug-likeness (QED) is 0.917. The van der Waals surface area contributed by atoms with Gasteiger partial charge in [0.15, 0.2) is 0 Å². The van der Waals surface area contributed by atoms with E-state index in [1.807, 2.05) is 4.90 Å². The van der Waals surface area contributed by atoms with Gasteiger partial charge in [-0.3, -0.25) is 9.59 Å². The Morgan fingerprint density at radius 2 is 1.88 bits per heavy atom. The molecular weight excluding hydrogens is 312 g/mol. The first-order valence-electron chi connectivity index (χ1n) is 9.58. The van der Waals surface area contributed by atoms with E-state index in [1.165, 1.54) is 16.7 Å². The van der Waals surface area contributed by atoms with Crippen molar-refractivity contribution in [3.8, 4) is 0 Å². The van der Waals surface area contributed by atoms with Gasteiger partial charge >= 0.3 is 0 Å². The molecule has 2 aliphatic rings. The number of carbonyl (C=O) groups is 2. The number of carbonyl (C=O) groups excluding carboxylic acids is 2. The summed E-state index contributed by atoms with van der Waals surface area (Å²) < 4.78 is 0. The van der Waals surface area contributed by atoms with Crippen LogP contribution in [0.2, 0.25) is 0 Å². The van der Waals surface area contributed by atoms with Crippen LogP contribution in [0.25, 0.3) is 0 Å². The molecule has 25 heavy (non-hydrogen) atoms. The molecule has 0 radical (unpaired) electrons. The molecule has 0 unspecified atom stereocenters. The van der Waals surface area contributed by atoms with Crippen LogP contribution in [0.4, 0.5) is 0 Å². The van der Waals surface area contributed by atoms with E-state index >= 15 is 0 Å². The van der Waals surface area contributed by atoms with Crippen molar-refractivity contribution in [2.45, 2.75) is 58.8 Å². The maximum absolute atomic E-state index is 12.6. The second-order valence-corrected chi connectivity index (χ2v) is 7.90. The van der Waals surface area contributed by atoms with Crippen molar-refractivity contribution in [1.82, 2.24) is 10.2 Å². The lowest BCUT2D eigenvalue weighted by atomic mass is 9.73. The summed E-state index contributed by atoms with van der Waals surface area (Å²) in [5, 5.41) is 2.98. The van der Waals surface area contributed by atoms with Crippen LogP contribution in [0.3, 0.4) is 0 Å². The summed E-state index contributed by atoms with van der Waals surface area (Å²) in [5.74, 6) is 0.458. The Morgan fingerprint density at radius 3 is 2.60 bits per heavy atom. The number of benzene rings is 1. The number of aryl methyl sites for hydroxylation is 3. The molecule has 2 saturated heterocycles. The first-order valence-corrected chi connectivity index (χ1v) is 9.58. The van der Waals surface area contributed by atoms with Gasteiger partial charge in [-0.05, 0) is 68.1 Å². The van der Waals surface area contributed by atoms with Crippen LogP contribution in [0.15, 0.2) is 18.2 Å². The van der Waals surface area contributed by atoms with Gasteiger partial charge in [-0.1, -0.05) is 18.2 Å². The molecule has 0 bridgehead atoms. The van der Waals surface area contributed by atoms with Crippen molar-refractivity contribution in [2.24, 2.45) is 5.41 Å². The van der Waals surface area contributed by atoms with Crippen molar-refractivity contribution in [2.75, 3.05) is 19.6 Å². The monoisotopic (exact) mass is 342 g/mol. The molecule has 136 valence electrons. The van der Waals surface area contributed by atoms with E-state index in [1.54, 1.807) is 0 Å². The molecule has 2 fully saturated rings. The minimum Gasteiger partial charge on any atom is -0.356 e. The summed E-state index contributed by atoms with van der Waals surface area (Å²) in [6.45, 7) is 6.72. The number of nitrogens with zero attached hydrogens (tertiary/aromatic N) is 1. The predicted octanol–water partition coefficient (Wildman–Crippen LogP) is 3.14. The number of amides is 2. The highest BCUT2D eigenvalue weighted by Gasteiger charge is 2.36. The van der Waals surface area contributed by atoms with Gasteiger partial charge in [-0.2, -0.15) is 0 Å². The Labute approximate surface area is 151 Å². The van der Waals surface area contributed by atoms with Gasteiger partial charge in [0, 0.05) is 32.5 Å². The van der Waals surface area contributed by atoms with E-state index in [0.717, 1.165) is 51.7 Å². The van der Waals surface area contributed by atoms with Crippen molar-refractivity contribution >= 4 is 11.8 Å². The van der Waals surface area contributed by atoms with Crippen LogP contribution < -0.4 is 5.32 Å². The van der Waals surface area contributed by atoms with Crippen LogP contribution in [-0.2, 0) is 16.0 Å². The normalized spacial score (nSPS) is 20.2. The van der Waals surface area contributed by atoms with Gasteiger partial charge in [-0.25, -0.2) is 0 Å². The molecule has 0 aliphatic carbocycles. The smallest absolute Gasteiger partial charge is 0.222 e. The molecule has 1 spiro atoms. The van der Waals surface area contributed by atoms with Gasteiger partial charge in [0.2, 0.25) is 11.8 Å². The van der Waals surface area contributed by atoms with Crippen LogP contribution in [0, 0.1) is 19.3 Å². The highest BCUT2D eigenvalue weighted by molar-refractivity contribution is 5.77. The molecule has 3 rings (SSSR count). The number of rotatable bonds is 3. The molecule has 4 heteroatoms. The molecular formula is C21H30N2O2. The number of piperidine rings is 1. The lowest BCUT2D eigenvalue weighted by Crippen LogP contribution is -2.43. The third-order valence-corrected chi connectivity index (χ3v) is 6.24. The Bertz CT molecular complexity index is 645. The Morgan fingerprint density at radius 1 is 1.12 bits per heavy atom. The molecule has 4 nitrogen and oxygen atoms in total. The Balaban J connectivity index is 1.49. The van der Waals surface area contributed by atoms with Crippen molar-refractivity contribution < 1.29 is 9.59 Å². The molecule has 1 aromatic rings. The van der Waals surface area contributed by atoms with E-state index in [9.17, 15) is 9.59 Å². The van der Waals surface area contributed by atoms with Crippen molar-refractivity contribution in [1.29, 1.82) is 0 Å². The molecule has 2 aliphatic heterocycles. The van der Waals surface area contributed by atoms with Gasteiger partial charge in [0.05, 0.1) is 0 Å². The Hall–Kier alpha value is -1.84. The fraction of sp³-hybridized carbons (Fsp3) is 0.619. The average Bonchev–Trinajstić information content (AvgIpc) is 2.78. The molecule has 0 saturated carbocycles. The predicted molar refractivity (Wildman–Crippen MR) is 99.3 cm³/mol. The second-order valence-electron chi connectivity index (χ2n) is 7.90. The first-order chi connectivity index (χ1) is 12.0. The average molecular weight is 342 g/mol. The van der Waals surface area contributed by atoms with Gasteiger partial charge < -0.3 is 10.2 Å². The zero-order chi connectivity index (χ0) is 17.9. The SMILES string of the molecule is Cc1ccc(CCC(=O)N2CCC3(CCNC(=O)CC3)CC2)cc1C. The summed E-state index contributed by atoms with van der Waals surface area (Å²) in [5.41, 5.74) is 4.11. The summed E-state index contributed by atoms with van der Waals surface area (Å²) in [7, 11) is 0. The van der Waals surface area contributed by atoms with Gasteiger partial charge in [0.1, 0.15) is 0 Å².